The number of aromatic nitrogens is 1. The van der Waals surface area contributed by atoms with E-state index in [-0.39, 0.29) is 36.3 Å². The number of carboxylic acids is 1. The highest BCUT2D eigenvalue weighted by Gasteiger charge is 2.37. The van der Waals surface area contributed by atoms with Gasteiger partial charge in [0.05, 0.1) is 12.0 Å². The number of anilines is 1. The third kappa shape index (κ3) is 4.51. The Hall–Kier alpha value is -1.18. The lowest BCUT2D eigenvalue weighted by atomic mass is 9.94. The molecule has 3 rings (SSSR count). The van der Waals surface area contributed by atoms with Crippen LogP contribution in [0.2, 0.25) is 0 Å². The summed E-state index contributed by atoms with van der Waals surface area (Å²) in [4.78, 5) is 32.7. The van der Waals surface area contributed by atoms with Crippen LogP contribution in [0.1, 0.15) is 45.4 Å². The van der Waals surface area contributed by atoms with E-state index in [0.29, 0.717) is 19.5 Å². The number of carbonyl (C=O) groups is 2. The lowest BCUT2D eigenvalue weighted by Crippen LogP contribution is -2.51. The van der Waals surface area contributed by atoms with Crippen molar-refractivity contribution in [1.29, 1.82) is 0 Å². The Kier molecular flexibility index (Phi) is 7.22. The van der Waals surface area contributed by atoms with Crippen LogP contribution >= 0.6 is 23.7 Å². The summed E-state index contributed by atoms with van der Waals surface area (Å²) in [5, 5.41) is 11.9. The molecule has 0 radical (unpaired) electrons. The minimum Gasteiger partial charge on any atom is -0.481 e. The number of nitrogens with zero attached hydrogens (tertiary/aromatic N) is 3. The van der Waals surface area contributed by atoms with Gasteiger partial charge in [-0.05, 0) is 32.7 Å². The Morgan fingerprint density at radius 3 is 2.60 bits per heavy atom. The first-order valence-electron chi connectivity index (χ1n) is 8.77. The second kappa shape index (κ2) is 8.96. The highest BCUT2D eigenvalue weighted by atomic mass is 35.5. The van der Waals surface area contributed by atoms with Crippen LogP contribution in [0.3, 0.4) is 0 Å². The van der Waals surface area contributed by atoms with E-state index in [4.69, 9.17) is 0 Å². The average Bonchev–Trinajstić information content (AvgIpc) is 3.27. The van der Waals surface area contributed by atoms with Gasteiger partial charge in [0.15, 0.2) is 5.13 Å². The normalized spacial score (nSPS) is 23.0. The van der Waals surface area contributed by atoms with Gasteiger partial charge in [-0.2, -0.15) is 0 Å². The van der Waals surface area contributed by atoms with Crippen molar-refractivity contribution in [2.75, 3.05) is 18.0 Å². The van der Waals surface area contributed by atoms with Crippen LogP contribution in [0.15, 0.2) is 11.6 Å². The second-order valence-electron chi connectivity index (χ2n) is 6.81. The molecule has 1 saturated carbocycles. The lowest BCUT2D eigenvalue weighted by molar-refractivity contribution is -0.141. The molecule has 2 aliphatic rings. The monoisotopic (exact) mass is 387 g/mol. The molecule has 1 aromatic rings. The number of aliphatic carboxylic acids is 1. The molecule has 2 atom stereocenters. The van der Waals surface area contributed by atoms with Gasteiger partial charge >= 0.3 is 5.97 Å². The molecule has 0 aromatic carbocycles. The number of hydrogen-bond donors (Lipinski definition) is 1. The van der Waals surface area contributed by atoms with Crippen molar-refractivity contribution in [2.24, 2.45) is 5.92 Å². The summed E-state index contributed by atoms with van der Waals surface area (Å²) in [6, 6.07) is -0.0853. The van der Waals surface area contributed by atoms with Gasteiger partial charge in [-0.3, -0.25) is 19.4 Å². The zero-order chi connectivity index (χ0) is 17.1. The molecule has 2 unspecified atom stereocenters. The first-order valence-corrected chi connectivity index (χ1v) is 9.65. The molecule has 0 spiro atoms. The van der Waals surface area contributed by atoms with E-state index >= 15 is 0 Å². The summed E-state index contributed by atoms with van der Waals surface area (Å²) >= 11 is 1.50. The number of amides is 1. The molecule has 1 aromatic heterocycles. The molecule has 1 aliphatic heterocycles. The van der Waals surface area contributed by atoms with Crippen LogP contribution in [0, 0.1) is 5.92 Å². The topological polar surface area (TPSA) is 73.7 Å². The zero-order valence-electron chi connectivity index (χ0n) is 14.5. The Bertz CT molecular complexity index is 578. The number of carboxylic acid groups (broad SMARTS) is 1. The highest BCUT2D eigenvalue weighted by Crippen LogP contribution is 2.30. The summed E-state index contributed by atoms with van der Waals surface area (Å²) in [6.07, 6.45) is 7.94. The summed E-state index contributed by atoms with van der Waals surface area (Å²) < 4.78 is 0. The van der Waals surface area contributed by atoms with Crippen molar-refractivity contribution in [1.82, 2.24) is 9.88 Å². The van der Waals surface area contributed by atoms with Gasteiger partial charge in [0.25, 0.3) is 0 Å². The molecular weight excluding hydrogens is 362 g/mol. The van der Waals surface area contributed by atoms with E-state index < -0.39 is 5.97 Å². The van der Waals surface area contributed by atoms with Gasteiger partial charge < -0.3 is 5.11 Å². The number of rotatable bonds is 5. The van der Waals surface area contributed by atoms with Crippen molar-refractivity contribution in [3.63, 3.8) is 0 Å². The van der Waals surface area contributed by atoms with Crippen molar-refractivity contribution in [3.05, 3.63) is 11.6 Å². The van der Waals surface area contributed by atoms with Gasteiger partial charge in [0, 0.05) is 24.2 Å². The van der Waals surface area contributed by atoms with Gasteiger partial charge in [-0.15, -0.1) is 23.7 Å². The second-order valence-corrected chi connectivity index (χ2v) is 7.68. The largest absolute Gasteiger partial charge is 0.481 e. The van der Waals surface area contributed by atoms with E-state index in [1.807, 2.05) is 22.1 Å². The summed E-state index contributed by atoms with van der Waals surface area (Å²) in [7, 11) is 0. The van der Waals surface area contributed by atoms with E-state index in [9.17, 15) is 14.7 Å². The fourth-order valence-corrected chi connectivity index (χ4v) is 4.52. The Balaban J connectivity index is 0.00000225. The number of hydrogen-bond acceptors (Lipinski definition) is 5. The van der Waals surface area contributed by atoms with E-state index in [0.717, 1.165) is 30.8 Å². The van der Waals surface area contributed by atoms with Crippen molar-refractivity contribution >= 4 is 40.8 Å². The Labute approximate surface area is 158 Å². The molecule has 1 saturated heterocycles. The standard InChI is InChI=1S/C17H25N3O3S.ClH/c1-12(19-9-7-13(11-19)16(22)23)15(21)20(17-18-8-10-24-17)14-5-3-2-4-6-14;/h8,10,12-14H,2-7,9,11H2,1H3,(H,22,23);1H. The number of halogens is 1. The smallest absolute Gasteiger partial charge is 0.307 e. The summed E-state index contributed by atoms with van der Waals surface area (Å²) in [6.45, 7) is 3.02. The third-order valence-corrected chi connectivity index (χ3v) is 6.05. The van der Waals surface area contributed by atoms with Crippen LogP contribution in [0.4, 0.5) is 5.13 Å². The average molecular weight is 388 g/mol. The highest BCUT2D eigenvalue weighted by molar-refractivity contribution is 7.13. The predicted molar refractivity (Wildman–Crippen MR) is 100 cm³/mol. The molecular formula is C17H26ClN3O3S. The maximum atomic E-state index is 13.2. The maximum absolute atomic E-state index is 13.2. The van der Waals surface area contributed by atoms with Crippen molar-refractivity contribution in [3.8, 4) is 0 Å². The van der Waals surface area contributed by atoms with Crippen molar-refractivity contribution in [2.45, 2.75) is 57.5 Å². The van der Waals surface area contributed by atoms with Crippen LogP contribution in [0.5, 0.6) is 0 Å². The SMILES string of the molecule is CC(C(=O)N(c1nccs1)C1CCCCC1)N1CCC(C(=O)O)C1.Cl. The molecule has 0 bridgehead atoms. The van der Waals surface area contributed by atoms with Crippen LogP contribution in [-0.2, 0) is 9.59 Å². The molecule has 1 N–H and O–H groups in total. The van der Waals surface area contributed by atoms with Crippen LogP contribution in [-0.4, -0.2) is 52.0 Å². The molecule has 1 amide bonds. The summed E-state index contributed by atoms with van der Waals surface area (Å²) in [5.74, 6) is -1.06. The molecule has 140 valence electrons. The zero-order valence-corrected chi connectivity index (χ0v) is 16.1. The van der Waals surface area contributed by atoms with E-state index in [2.05, 4.69) is 4.98 Å². The third-order valence-electron chi connectivity index (χ3n) is 5.28. The van der Waals surface area contributed by atoms with Crippen LogP contribution in [0.25, 0.3) is 0 Å². The fraction of sp³-hybridized carbons (Fsp3) is 0.706. The van der Waals surface area contributed by atoms with Crippen molar-refractivity contribution < 1.29 is 14.7 Å². The predicted octanol–water partition coefficient (Wildman–Crippen LogP) is 3.03. The first-order chi connectivity index (χ1) is 11.6. The molecule has 25 heavy (non-hydrogen) atoms. The van der Waals surface area contributed by atoms with Gasteiger partial charge in [-0.1, -0.05) is 19.3 Å². The van der Waals surface area contributed by atoms with Crippen LogP contribution < -0.4 is 4.90 Å². The lowest BCUT2D eigenvalue weighted by Gasteiger charge is -2.36. The first kappa shape index (κ1) is 20.1. The van der Waals surface area contributed by atoms with Gasteiger partial charge in [0.2, 0.25) is 5.91 Å². The fourth-order valence-electron chi connectivity index (χ4n) is 3.80. The number of carbonyl (C=O) groups excluding carboxylic acids is 1. The number of likely N-dealkylation sites (tertiary alicyclic amines) is 1. The Morgan fingerprint density at radius 1 is 1.32 bits per heavy atom. The molecule has 8 heteroatoms. The quantitative estimate of drug-likeness (QED) is 0.840. The molecule has 1 aliphatic carbocycles. The van der Waals surface area contributed by atoms with E-state index in [1.54, 1.807) is 6.20 Å². The molecule has 6 nitrogen and oxygen atoms in total. The summed E-state index contributed by atoms with van der Waals surface area (Å²) in [5.41, 5.74) is 0. The minimum absolute atomic E-state index is 0. The number of thiazole rings is 1. The van der Waals surface area contributed by atoms with E-state index in [1.165, 1.54) is 17.8 Å². The molecule has 2 heterocycles. The van der Waals surface area contributed by atoms with Gasteiger partial charge in [0.1, 0.15) is 0 Å². The molecule has 2 fully saturated rings. The minimum atomic E-state index is -0.763. The van der Waals surface area contributed by atoms with Gasteiger partial charge in [-0.25, -0.2) is 4.98 Å². The maximum Gasteiger partial charge on any atom is 0.307 e. The Morgan fingerprint density at radius 2 is 2.04 bits per heavy atom.